The van der Waals surface area contributed by atoms with Crippen LogP contribution in [0, 0.1) is 0 Å². The molecule has 0 bridgehead atoms. The molecule has 0 saturated heterocycles. The number of carbonyl (C=O) groups is 4. The predicted octanol–water partition coefficient (Wildman–Crippen LogP) is 19.9. The summed E-state index contributed by atoms with van der Waals surface area (Å²) in [4.78, 5) is 53.3. The Labute approximate surface area is 545 Å². The van der Waals surface area contributed by atoms with Crippen molar-refractivity contribution in [3.63, 3.8) is 0 Å². The van der Waals surface area contributed by atoms with E-state index in [1.54, 1.807) is 0 Å². The van der Waals surface area contributed by atoms with Gasteiger partial charge in [0.15, 0.2) is 0 Å². The van der Waals surface area contributed by atoms with Crippen LogP contribution < -0.4 is 25.4 Å². The zero-order chi connectivity index (χ0) is 62.9. The van der Waals surface area contributed by atoms with Crippen molar-refractivity contribution in [2.75, 3.05) is 31.3 Å². The second-order valence-corrected chi connectivity index (χ2v) is 26.0. The quantitative estimate of drug-likeness (QED) is 0.0214. The highest BCUT2D eigenvalue weighted by atomic mass is 32.1. The Morgan fingerprint density at radius 2 is 0.773 bits per heavy atom. The summed E-state index contributed by atoms with van der Waals surface area (Å²) in [5.74, 6) is -0.824. The van der Waals surface area contributed by atoms with Crippen LogP contribution in [0.1, 0.15) is 300 Å². The molecule has 11 nitrogen and oxygen atoms in total. The number of thiol groups is 2. The van der Waals surface area contributed by atoms with Crippen LogP contribution in [0.4, 0.5) is 4.79 Å². The van der Waals surface area contributed by atoms with E-state index in [1.165, 1.54) is 238 Å². The number of hydrogen-bond acceptors (Lipinski definition) is 10. The second kappa shape index (κ2) is 50.3. The maximum Gasteiger partial charge on any atom is 0.407 e. The monoisotopic (exact) mass is 1260 g/mol. The summed E-state index contributed by atoms with van der Waals surface area (Å²) in [6, 6.07) is 18.5. The fraction of sp³-hybridized carbons (Fsp3) is 0.707. The van der Waals surface area contributed by atoms with Crippen molar-refractivity contribution in [1.82, 2.24) is 16.0 Å². The van der Waals surface area contributed by atoms with Crippen LogP contribution in [0.3, 0.4) is 0 Å². The van der Waals surface area contributed by atoms with E-state index in [-0.39, 0.29) is 30.6 Å². The van der Waals surface area contributed by atoms with Crippen LogP contribution in [-0.4, -0.2) is 73.3 Å². The third-order valence-electron chi connectivity index (χ3n) is 17.5. The van der Waals surface area contributed by atoms with E-state index in [4.69, 9.17) is 18.9 Å². The number of benzene rings is 3. The highest BCUT2D eigenvalue weighted by Crippen LogP contribution is 2.44. The maximum absolute atomic E-state index is 13.5. The number of alkyl carbamates (subject to hydrolysis) is 1. The summed E-state index contributed by atoms with van der Waals surface area (Å²) in [5.41, 5.74) is 5.05. The largest absolute Gasteiger partial charge is 0.493 e. The van der Waals surface area contributed by atoms with Crippen molar-refractivity contribution in [2.24, 2.45) is 0 Å². The third kappa shape index (κ3) is 33.6. The van der Waals surface area contributed by atoms with Gasteiger partial charge in [0.05, 0.1) is 13.2 Å². The minimum absolute atomic E-state index is 0.0374. The molecule has 0 aromatic heterocycles. The fourth-order valence-corrected chi connectivity index (χ4v) is 12.6. The van der Waals surface area contributed by atoms with Gasteiger partial charge in [-0.05, 0) is 59.7 Å². The first-order valence-corrected chi connectivity index (χ1v) is 37.0. The molecule has 3 aromatic carbocycles. The van der Waals surface area contributed by atoms with Crippen LogP contribution in [-0.2, 0) is 30.5 Å². The molecule has 0 fully saturated rings. The van der Waals surface area contributed by atoms with Gasteiger partial charge in [0.25, 0.3) is 0 Å². The standard InChI is InChI=1S/C75H121N3O8S2/c1-4-6-8-10-12-14-16-18-20-22-24-26-28-30-32-34-36-38-40-46-52-83-63-54-62(55-64(56-63)84-53-47-41-39-37-35-33-31-29-27-25-23-21-19-17-15-13-11-9-7-5-2)57-85-74(81)71(60-88)77-72(79)61(3)76-73(80)70(59-87)78-75(82)86-58-69-67-50-44-42-48-65(67)66-49-43-45-51-68(66)69/h42-45,48-51,54-56,61,69-71,87-88H,4-41,46-47,52-53,57-60H2,1-3H3,(H,76,80)(H,77,79)(H,78,82)/t61-,70-,71-/m0/s1. The number of amides is 3. The summed E-state index contributed by atoms with van der Waals surface area (Å²) in [7, 11) is 0. The van der Waals surface area contributed by atoms with Crippen molar-refractivity contribution in [2.45, 2.75) is 308 Å². The topological polar surface area (TPSA) is 141 Å². The zero-order valence-electron chi connectivity index (χ0n) is 55.3. The Morgan fingerprint density at radius 3 is 1.14 bits per heavy atom. The molecule has 1 aliphatic rings. The molecule has 3 aromatic rings. The molecule has 3 atom stereocenters. The van der Waals surface area contributed by atoms with Gasteiger partial charge in [0.1, 0.15) is 42.8 Å². The van der Waals surface area contributed by atoms with Gasteiger partial charge in [-0.15, -0.1) is 0 Å². The third-order valence-corrected chi connectivity index (χ3v) is 18.3. The van der Waals surface area contributed by atoms with Gasteiger partial charge in [-0.1, -0.05) is 306 Å². The van der Waals surface area contributed by atoms with Gasteiger partial charge in [-0.2, -0.15) is 25.3 Å². The summed E-state index contributed by atoms with van der Waals surface area (Å²) < 4.78 is 24.0. The van der Waals surface area contributed by atoms with E-state index in [0.717, 1.165) is 47.9 Å². The van der Waals surface area contributed by atoms with Gasteiger partial charge < -0.3 is 34.9 Å². The lowest BCUT2D eigenvalue weighted by molar-refractivity contribution is -0.148. The Morgan fingerprint density at radius 1 is 0.420 bits per heavy atom. The van der Waals surface area contributed by atoms with Crippen LogP contribution >= 0.6 is 25.3 Å². The molecule has 0 unspecified atom stereocenters. The number of unbranched alkanes of at least 4 members (excludes halogenated alkanes) is 38. The molecule has 88 heavy (non-hydrogen) atoms. The molecular weight excluding hydrogens is 1130 g/mol. The van der Waals surface area contributed by atoms with Crippen molar-refractivity contribution < 1.29 is 38.1 Å². The van der Waals surface area contributed by atoms with Gasteiger partial charge in [0, 0.05) is 23.5 Å². The summed E-state index contributed by atoms with van der Waals surface area (Å²) >= 11 is 8.67. The lowest BCUT2D eigenvalue weighted by Crippen LogP contribution is -2.55. The van der Waals surface area contributed by atoms with Crippen molar-refractivity contribution in [1.29, 1.82) is 0 Å². The first-order chi connectivity index (χ1) is 43.2. The van der Waals surface area contributed by atoms with Crippen LogP contribution in [0.5, 0.6) is 11.5 Å². The van der Waals surface area contributed by atoms with Gasteiger partial charge in [-0.3, -0.25) is 9.59 Å². The molecule has 1 aliphatic carbocycles. The average molecular weight is 1260 g/mol. The minimum Gasteiger partial charge on any atom is -0.493 e. The molecule has 0 heterocycles. The first kappa shape index (κ1) is 76.1. The van der Waals surface area contributed by atoms with Crippen LogP contribution in [0.2, 0.25) is 0 Å². The summed E-state index contributed by atoms with van der Waals surface area (Å²) in [5, 5.41) is 7.89. The average Bonchev–Trinajstić information content (AvgIpc) is 1.95. The molecule has 13 heteroatoms. The SMILES string of the molecule is CCCCCCCCCCCCCCCCCCCCCCOc1cc(COC(=O)[C@H](CS)NC(=O)[C@H](C)NC(=O)[C@H](CS)NC(=O)OCC2c3ccccc3-c3ccccc32)cc(OCCCCCCCCCCCCCCCCCCCCCC)c1. The fourth-order valence-electron chi connectivity index (χ4n) is 12.1. The van der Waals surface area contributed by atoms with E-state index in [9.17, 15) is 19.2 Å². The smallest absolute Gasteiger partial charge is 0.407 e. The van der Waals surface area contributed by atoms with Crippen molar-refractivity contribution in [3.8, 4) is 22.6 Å². The second-order valence-electron chi connectivity index (χ2n) is 25.2. The van der Waals surface area contributed by atoms with Gasteiger partial charge in [0.2, 0.25) is 11.8 Å². The Balaban J connectivity index is 1.15. The minimum atomic E-state index is -1.09. The number of fused-ring (bicyclic) bond motifs is 3. The van der Waals surface area contributed by atoms with E-state index < -0.39 is 42.0 Å². The highest BCUT2D eigenvalue weighted by molar-refractivity contribution is 7.80. The lowest BCUT2D eigenvalue weighted by atomic mass is 9.98. The molecule has 0 aliphatic heterocycles. The number of carbonyl (C=O) groups excluding carboxylic acids is 4. The molecular formula is C75H121N3O8S2. The Hall–Kier alpha value is -4.36. The van der Waals surface area contributed by atoms with E-state index in [0.29, 0.717) is 30.3 Å². The molecule has 0 saturated carbocycles. The number of esters is 1. The number of hydrogen-bond donors (Lipinski definition) is 5. The van der Waals surface area contributed by atoms with Crippen LogP contribution in [0.15, 0.2) is 66.7 Å². The summed E-state index contributed by atoms with van der Waals surface area (Å²) in [6.07, 6.45) is 52.7. The van der Waals surface area contributed by atoms with Gasteiger partial charge in [-0.25, -0.2) is 9.59 Å². The molecule has 0 spiro atoms. The van der Waals surface area contributed by atoms with Crippen molar-refractivity contribution >= 4 is 49.1 Å². The molecule has 3 N–H and O–H groups in total. The van der Waals surface area contributed by atoms with Crippen LogP contribution in [0.25, 0.3) is 11.1 Å². The van der Waals surface area contributed by atoms with E-state index >= 15 is 0 Å². The van der Waals surface area contributed by atoms with Crippen molar-refractivity contribution in [3.05, 3.63) is 83.4 Å². The van der Waals surface area contributed by atoms with E-state index in [1.807, 2.05) is 54.6 Å². The highest BCUT2D eigenvalue weighted by Gasteiger charge is 2.31. The molecule has 496 valence electrons. The number of ether oxygens (including phenoxy) is 4. The van der Waals surface area contributed by atoms with Gasteiger partial charge >= 0.3 is 12.1 Å². The summed E-state index contributed by atoms with van der Waals surface area (Å²) in [6.45, 7) is 7.25. The zero-order valence-corrected chi connectivity index (χ0v) is 57.1. The normalized spacial score (nSPS) is 12.9. The predicted molar refractivity (Wildman–Crippen MR) is 372 cm³/mol. The molecule has 3 amide bonds. The first-order valence-electron chi connectivity index (χ1n) is 35.7. The molecule has 4 rings (SSSR count). The molecule has 0 radical (unpaired) electrons. The number of rotatable bonds is 56. The number of nitrogens with one attached hydrogen (secondary N) is 3. The Bertz CT molecular complexity index is 2190. The van der Waals surface area contributed by atoms with E-state index in [2.05, 4.69) is 67.2 Å². The lowest BCUT2D eigenvalue weighted by Gasteiger charge is -2.22. The maximum atomic E-state index is 13.5. The Kier molecular flexibility index (Phi) is 43.5.